The number of hydrogen-bond donors (Lipinski definition) is 0. The average Bonchev–Trinajstić information content (AvgIpc) is 3.35. The fourth-order valence-electron chi connectivity index (χ4n) is 3.40. The molecule has 1 amide bonds. The van der Waals surface area contributed by atoms with E-state index >= 15 is 0 Å². The zero-order chi connectivity index (χ0) is 21.3. The number of ether oxygens (including phenoxy) is 2. The number of hydrogen-bond acceptors (Lipinski definition) is 7. The molecule has 158 valence electrons. The van der Waals surface area contributed by atoms with Crippen LogP contribution in [0.15, 0.2) is 30.5 Å². The van der Waals surface area contributed by atoms with Crippen molar-refractivity contribution in [2.24, 2.45) is 0 Å². The van der Waals surface area contributed by atoms with E-state index in [1.54, 1.807) is 18.2 Å². The van der Waals surface area contributed by atoms with Crippen LogP contribution in [0.3, 0.4) is 0 Å². The van der Waals surface area contributed by atoms with Crippen molar-refractivity contribution in [3.8, 4) is 0 Å². The lowest BCUT2D eigenvalue weighted by atomic mass is 10.0. The van der Waals surface area contributed by atoms with Crippen molar-refractivity contribution in [2.45, 2.75) is 19.1 Å². The van der Waals surface area contributed by atoms with Gasteiger partial charge in [-0.05, 0) is 41.0 Å². The van der Waals surface area contributed by atoms with E-state index in [4.69, 9.17) is 4.74 Å². The molecule has 0 N–H and O–H groups in total. The maximum atomic E-state index is 14.7. The zero-order valence-electron chi connectivity index (χ0n) is 16.1. The smallest absolute Gasteiger partial charge is 0.414 e. The molecule has 2 aliphatic rings. The molecular weight excluding hydrogens is 415 g/mol. The standard InChI is InChI=1S/C19H19FN4O5S/c1-28-18(25)17-11-23(22-21-17)9-14-10-24(19(26)29-14)13-2-3-15(16(20)8-13)12-4-6-30(27)7-5-12/h2-4,8,11,14H,5-7,9-10H2,1H3/t14-,30?/m0/s1. The molecule has 1 aromatic carbocycles. The van der Waals surface area contributed by atoms with Crippen LogP contribution in [0.2, 0.25) is 0 Å². The summed E-state index contributed by atoms with van der Waals surface area (Å²) in [5, 5.41) is 7.53. The largest absolute Gasteiger partial charge is 0.616 e. The van der Waals surface area contributed by atoms with Gasteiger partial charge in [-0.25, -0.2) is 18.7 Å². The number of cyclic esters (lactones) is 1. The minimum absolute atomic E-state index is 0.0530. The van der Waals surface area contributed by atoms with Gasteiger partial charge >= 0.3 is 12.1 Å². The second kappa shape index (κ2) is 8.44. The van der Waals surface area contributed by atoms with Gasteiger partial charge < -0.3 is 14.0 Å². The molecule has 4 rings (SSSR count). The number of benzene rings is 1. The summed E-state index contributed by atoms with van der Waals surface area (Å²) in [5.74, 6) is -0.105. The Balaban J connectivity index is 1.44. The number of amides is 1. The van der Waals surface area contributed by atoms with Crippen molar-refractivity contribution in [3.05, 3.63) is 47.5 Å². The van der Waals surface area contributed by atoms with Crippen molar-refractivity contribution >= 4 is 34.5 Å². The van der Waals surface area contributed by atoms with Crippen LogP contribution in [0.1, 0.15) is 22.5 Å². The van der Waals surface area contributed by atoms with Crippen molar-refractivity contribution in [3.63, 3.8) is 0 Å². The molecule has 11 heteroatoms. The highest BCUT2D eigenvalue weighted by Gasteiger charge is 2.33. The minimum atomic E-state index is -0.881. The number of halogens is 1. The Morgan fingerprint density at radius 1 is 1.47 bits per heavy atom. The number of methoxy groups -OCH3 is 1. The molecule has 0 aliphatic carbocycles. The zero-order valence-corrected chi connectivity index (χ0v) is 16.9. The molecule has 2 atom stereocenters. The highest BCUT2D eigenvalue weighted by atomic mass is 32.2. The maximum Gasteiger partial charge on any atom is 0.414 e. The van der Waals surface area contributed by atoms with E-state index in [2.05, 4.69) is 15.0 Å². The number of aromatic nitrogens is 3. The average molecular weight is 434 g/mol. The first-order chi connectivity index (χ1) is 14.4. The highest BCUT2D eigenvalue weighted by molar-refractivity contribution is 7.91. The molecule has 2 aromatic rings. The van der Waals surface area contributed by atoms with Crippen molar-refractivity contribution in [1.82, 2.24) is 15.0 Å². The highest BCUT2D eigenvalue weighted by Crippen LogP contribution is 2.30. The summed E-state index contributed by atoms with van der Waals surface area (Å²) >= 11 is -0.881. The van der Waals surface area contributed by atoms with Gasteiger partial charge in [0.2, 0.25) is 0 Å². The van der Waals surface area contributed by atoms with Crippen LogP contribution >= 0.6 is 0 Å². The van der Waals surface area contributed by atoms with Crippen LogP contribution in [-0.2, 0) is 27.2 Å². The Hall–Kier alpha value is -2.92. The number of esters is 1. The summed E-state index contributed by atoms with van der Waals surface area (Å²) in [7, 11) is 1.24. The first-order valence-electron chi connectivity index (χ1n) is 9.25. The maximum absolute atomic E-state index is 14.7. The normalized spacial score (nSPS) is 21.4. The van der Waals surface area contributed by atoms with Crippen molar-refractivity contribution in [2.75, 3.05) is 30.1 Å². The quantitative estimate of drug-likeness (QED) is 0.521. The second-order valence-electron chi connectivity index (χ2n) is 6.89. The summed E-state index contributed by atoms with van der Waals surface area (Å²) in [5.41, 5.74) is 1.72. The molecule has 30 heavy (non-hydrogen) atoms. The lowest BCUT2D eigenvalue weighted by Gasteiger charge is -2.19. The molecule has 1 fully saturated rings. The number of anilines is 1. The van der Waals surface area contributed by atoms with Crippen LogP contribution in [0.25, 0.3) is 5.57 Å². The molecule has 1 aromatic heterocycles. The molecule has 3 heterocycles. The molecule has 1 unspecified atom stereocenters. The lowest BCUT2D eigenvalue weighted by molar-refractivity contribution is 0.0593. The van der Waals surface area contributed by atoms with Gasteiger partial charge in [0.25, 0.3) is 0 Å². The third-order valence-corrected chi connectivity index (χ3v) is 6.12. The third-order valence-electron chi connectivity index (χ3n) is 4.92. The van der Waals surface area contributed by atoms with Crippen LogP contribution in [0.5, 0.6) is 0 Å². The van der Waals surface area contributed by atoms with Gasteiger partial charge in [-0.1, -0.05) is 5.21 Å². The van der Waals surface area contributed by atoms with Crippen LogP contribution in [-0.4, -0.2) is 62.9 Å². The first kappa shape index (κ1) is 20.4. The molecule has 0 radical (unpaired) electrons. The summed E-state index contributed by atoms with van der Waals surface area (Å²) < 4.78 is 37.5. The van der Waals surface area contributed by atoms with Gasteiger partial charge in [-0.15, -0.1) is 5.10 Å². The van der Waals surface area contributed by atoms with E-state index in [0.717, 1.165) is 5.57 Å². The summed E-state index contributed by atoms with van der Waals surface area (Å²) in [6.45, 7) is 0.392. The Kier molecular flexibility index (Phi) is 5.73. The third kappa shape index (κ3) is 4.17. The van der Waals surface area contributed by atoms with Gasteiger partial charge in [0, 0.05) is 12.0 Å². The van der Waals surface area contributed by atoms with E-state index in [1.807, 2.05) is 0 Å². The van der Waals surface area contributed by atoms with Gasteiger partial charge in [-0.2, -0.15) is 0 Å². The monoisotopic (exact) mass is 434 g/mol. The molecule has 0 saturated carbocycles. The van der Waals surface area contributed by atoms with E-state index < -0.39 is 35.2 Å². The summed E-state index contributed by atoms with van der Waals surface area (Å²) in [6.07, 6.45) is 2.64. The van der Waals surface area contributed by atoms with E-state index in [9.17, 15) is 18.5 Å². The Morgan fingerprint density at radius 3 is 3.00 bits per heavy atom. The molecule has 9 nitrogen and oxygen atoms in total. The molecule has 1 saturated heterocycles. The minimum Gasteiger partial charge on any atom is -0.616 e. The van der Waals surface area contributed by atoms with Gasteiger partial charge in [0.1, 0.15) is 23.4 Å². The fourth-order valence-corrected chi connectivity index (χ4v) is 4.40. The van der Waals surface area contributed by atoms with E-state index in [-0.39, 0.29) is 18.8 Å². The van der Waals surface area contributed by atoms with Crippen molar-refractivity contribution in [1.29, 1.82) is 0 Å². The Bertz CT molecular complexity index is 1010. The van der Waals surface area contributed by atoms with E-state index in [1.165, 1.54) is 29.0 Å². The Morgan fingerprint density at radius 2 is 2.30 bits per heavy atom. The molecule has 0 bridgehead atoms. The summed E-state index contributed by atoms with van der Waals surface area (Å²) in [4.78, 5) is 25.1. The van der Waals surface area contributed by atoms with E-state index in [0.29, 0.717) is 29.2 Å². The predicted molar refractivity (Wildman–Crippen MR) is 106 cm³/mol. The van der Waals surface area contributed by atoms with Gasteiger partial charge in [0.15, 0.2) is 5.69 Å². The van der Waals surface area contributed by atoms with Gasteiger partial charge in [0.05, 0.1) is 32.1 Å². The van der Waals surface area contributed by atoms with Crippen molar-refractivity contribution < 1.29 is 28.0 Å². The van der Waals surface area contributed by atoms with Crippen LogP contribution < -0.4 is 4.90 Å². The number of nitrogens with zero attached hydrogens (tertiary/aromatic N) is 4. The fraction of sp³-hybridized carbons (Fsp3) is 0.368. The second-order valence-corrected chi connectivity index (χ2v) is 8.51. The first-order valence-corrected chi connectivity index (χ1v) is 10.7. The van der Waals surface area contributed by atoms with Gasteiger partial charge in [-0.3, -0.25) is 4.90 Å². The SMILES string of the molecule is COC(=O)c1cn(C[C@H]2CN(c3ccc(C4=CC[S+]([O-])CC4)c(F)c3)C(=O)O2)nn1. The number of carbonyl (C=O) groups is 2. The lowest BCUT2D eigenvalue weighted by Crippen LogP contribution is -2.26. The topological polar surface area (TPSA) is 110 Å². The Labute approximate surface area is 174 Å². The molecule has 2 aliphatic heterocycles. The van der Waals surface area contributed by atoms with Crippen LogP contribution in [0.4, 0.5) is 14.9 Å². The van der Waals surface area contributed by atoms with Crippen LogP contribution in [0, 0.1) is 5.82 Å². The molecule has 0 spiro atoms. The predicted octanol–water partition coefficient (Wildman–Crippen LogP) is 1.77. The number of rotatable bonds is 5. The summed E-state index contributed by atoms with van der Waals surface area (Å²) in [6, 6.07) is 4.60. The molecular formula is C19H19FN4O5S. The number of carbonyl (C=O) groups excluding carboxylic acids is 2. The number of allylic oxidation sites excluding steroid dienone is 1.